The number of alkyl halides is 1. The zero-order valence-electron chi connectivity index (χ0n) is 8.34. The van der Waals surface area contributed by atoms with Gasteiger partial charge in [0, 0.05) is 28.2 Å². The van der Waals surface area contributed by atoms with Crippen molar-refractivity contribution in [3.05, 3.63) is 52.1 Å². The van der Waals surface area contributed by atoms with Gasteiger partial charge in [0.1, 0.15) is 6.17 Å². The Balaban J connectivity index is 2.25. The van der Waals surface area contributed by atoms with Crippen LogP contribution in [0.25, 0.3) is 5.57 Å². The predicted molar refractivity (Wildman–Crippen MR) is 61.1 cm³/mol. The third kappa shape index (κ3) is 1.20. The number of Topliss-reactive ketones (excluding diaryl/α,β-unsaturated/α-hetero) is 1. The summed E-state index contributed by atoms with van der Waals surface area (Å²) in [5.74, 6) is -0.0838. The van der Waals surface area contributed by atoms with Crippen molar-refractivity contribution in [2.75, 3.05) is 0 Å². The second kappa shape index (κ2) is 3.29. The molecule has 0 saturated carbocycles. The van der Waals surface area contributed by atoms with E-state index in [0.717, 1.165) is 11.1 Å². The minimum Gasteiger partial charge on any atom is -0.289 e. The first kappa shape index (κ1) is 9.79. The van der Waals surface area contributed by atoms with Gasteiger partial charge in [0.15, 0.2) is 5.78 Å². The van der Waals surface area contributed by atoms with Crippen LogP contribution >= 0.6 is 11.6 Å². The van der Waals surface area contributed by atoms with E-state index >= 15 is 0 Å². The number of hydrogen-bond acceptors (Lipinski definition) is 1. The average molecular weight is 235 g/mol. The van der Waals surface area contributed by atoms with Gasteiger partial charge in [0.05, 0.1) is 0 Å². The SMILES string of the molecule is O=C1C2=C(C(Cl)=C[C@@H](F)C2)c2ccccc21. The molecule has 0 amide bonds. The molecule has 1 aromatic carbocycles. The van der Waals surface area contributed by atoms with Crippen molar-refractivity contribution in [1.82, 2.24) is 0 Å². The summed E-state index contributed by atoms with van der Waals surface area (Å²) in [7, 11) is 0. The Morgan fingerprint density at radius 3 is 2.69 bits per heavy atom. The number of fused-ring (bicyclic) bond motifs is 2. The third-order valence-corrected chi connectivity index (χ3v) is 3.30. The molecule has 0 saturated heterocycles. The monoisotopic (exact) mass is 234 g/mol. The van der Waals surface area contributed by atoms with Crippen molar-refractivity contribution in [2.45, 2.75) is 12.6 Å². The van der Waals surface area contributed by atoms with E-state index in [4.69, 9.17) is 11.6 Å². The number of carbonyl (C=O) groups excluding carboxylic acids is 1. The van der Waals surface area contributed by atoms with Gasteiger partial charge in [-0.3, -0.25) is 4.79 Å². The largest absolute Gasteiger partial charge is 0.289 e. The van der Waals surface area contributed by atoms with E-state index < -0.39 is 6.17 Å². The molecule has 1 aromatic rings. The van der Waals surface area contributed by atoms with Crippen molar-refractivity contribution in [2.24, 2.45) is 0 Å². The fraction of sp³-hybridized carbons (Fsp3) is 0.154. The van der Waals surface area contributed by atoms with Gasteiger partial charge >= 0.3 is 0 Å². The zero-order chi connectivity index (χ0) is 11.3. The number of benzene rings is 1. The molecule has 0 N–H and O–H groups in total. The van der Waals surface area contributed by atoms with Crippen LogP contribution in [0.1, 0.15) is 22.3 Å². The number of rotatable bonds is 0. The van der Waals surface area contributed by atoms with E-state index in [2.05, 4.69) is 0 Å². The fourth-order valence-corrected chi connectivity index (χ4v) is 2.65. The van der Waals surface area contributed by atoms with Crippen LogP contribution in [0.3, 0.4) is 0 Å². The molecule has 2 aliphatic carbocycles. The van der Waals surface area contributed by atoms with Crippen LogP contribution in [-0.2, 0) is 0 Å². The normalized spacial score (nSPS) is 23.0. The molecule has 0 fully saturated rings. The zero-order valence-corrected chi connectivity index (χ0v) is 9.09. The van der Waals surface area contributed by atoms with Crippen LogP contribution in [0.2, 0.25) is 0 Å². The van der Waals surface area contributed by atoms with E-state index in [0.29, 0.717) is 16.2 Å². The third-order valence-electron chi connectivity index (χ3n) is 2.98. The lowest BCUT2D eigenvalue weighted by molar-refractivity contribution is 0.103. The standard InChI is InChI=1S/C13H8ClFO/c14-11-6-7(15)5-10-12(11)8-3-1-2-4-9(8)13(10)16/h1-4,6-7H,5H2/t7-/m0/s1. The number of hydrogen-bond donors (Lipinski definition) is 0. The highest BCUT2D eigenvalue weighted by molar-refractivity contribution is 6.41. The van der Waals surface area contributed by atoms with Gasteiger partial charge in [-0.2, -0.15) is 0 Å². The lowest BCUT2D eigenvalue weighted by atomic mass is 9.96. The number of carbonyl (C=O) groups is 1. The summed E-state index contributed by atoms with van der Waals surface area (Å²) >= 11 is 6.02. The van der Waals surface area contributed by atoms with Gasteiger partial charge in [-0.05, 0) is 11.6 Å². The predicted octanol–water partition coefficient (Wildman–Crippen LogP) is 3.50. The first-order valence-corrected chi connectivity index (χ1v) is 5.45. The highest BCUT2D eigenvalue weighted by Crippen LogP contribution is 2.43. The molecule has 2 aliphatic rings. The number of allylic oxidation sites excluding steroid dienone is 4. The lowest BCUT2D eigenvalue weighted by Crippen LogP contribution is -2.09. The summed E-state index contributed by atoms with van der Waals surface area (Å²) < 4.78 is 13.3. The summed E-state index contributed by atoms with van der Waals surface area (Å²) in [6, 6.07) is 7.27. The van der Waals surface area contributed by atoms with E-state index in [-0.39, 0.29) is 12.2 Å². The Morgan fingerprint density at radius 2 is 1.94 bits per heavy atom. The Morgan fingerprint density at radius 1 is 1.25 bits per heavy atom. The van der Waals surface area contributed by atoms with E-state index in [1.807, 2.05) is 12.1 Å². The molecule has 0 unspecified atom stereocenters. The van der Waals surface area contributed by atoms with Crippen LogP contribution in [0.5, 0.6) is 0 Å². The average Bonchev–Trinajstić information content (AvgIpc) is 2.54. The molecule has 80 valence electrons. The Kier molecular flexibility index (Phi) is 2.01. The quantitative estimate of drug-likeness (QED) is 0.672. The maximum absolute atomic E-state index is 13.3. The van der Waals surface area contributed by atoms with Crippen molar-refractivity contribution < 1.29 is 9.18 Å². The Bertz CT molecular complexity index is 557. The van der Waals surface area contributed by atoms with Crippen molar-refractivity contribution in [3.8, 4) is 0 Å². The summed E-state index contributed by atoms with van der Waals surface area (Å²) in [5.41, 5.74) is 2.70. The van der Waals surface area contributed by atoms with Gasteiger partial charge < -0.3 is 0 Å². The molecule has 1 nitrogen and oxygen atoms in total. The minimum absolute atomic E-state index is 0.0838. The highest BCUT2D eigenvalue weighted by atomic mass is 35.5. The van der Waals surface area contributed by atoms with Gasteiger partial charge in [-0.15, -0.1) is 0 Å². The molecule has 0 aliphatic heterocycles. The molecule has 0 spiro atoms. The summed E-state index contributed by atoms with van der Waals surface area (Å²) in [4.78, 5) is 12.0. The van der Waals surface area contributed by atoms with Gasteiger partial charge in [0.25, 0.3) is 0 Å². The summed E-state index contributed by atoms with van der Waals surface area (Å²) in [5, 5.41) is 0.354. The molecular formula is C13H8ClFO. The molecule has 3 rings (SSSR count). The molecule has 16 heavy (non-hydrogen) atoms. The second-order valence-electron chi connectivity index (χ2n) is 3.96. The summed E-state index contributed by atoms with van der Waals surface area (Å²) in [6.07, 6.45) is 0.360. The summed E-state index contributed by atoms with van der Waals surface area (Å²) in [6.45, 7) is 0. The van der Waals surface area contributed by atoms with E-state index in [1.54, 1.807) is 12.1 Å². The Labute approximate surface area is 97.2 Å². The maximum Gasteiger partial charge on any atom is 0.190 e. The molecule has 0 aromatic heterocycles. The van der Waals surface area contributed by atoms with Crippen LogP contribution < -0.4 is 0 Å². The second-order valence-corrected chi connectivity index (χ2v) is 4.37. The molecule has 0 heterocycles. The highest BCUT2D eigenvalue weighted by Gasteiger charge is 2.34. The first-order valence-electron chi connectivity index (χ1n) is 5.07. The molecule has 0 bridgehead atoms. The fourth-order valence-electron chi connectivity index (χ4n) is 2.30. The van der Waals surface area contributed by atoms with Crippen LogP contribution in [0, 0.1) is 0 Å². The number of ketones is 1. The van der Waals surface area contributed by atoms with Crippen molar-refractivity contribution in [1.29, 1.82) is 0 Å². The molecule has 3 heteroatoms. The maximum atomic E-state index is 13.3. The van der Waals surface area contributed by atoms with Gasteiger partial charge in [-0.25, -0.2) is 4.39 Å². The lowest BCUT2D eigenvalue weighted by Gasteiger charge is -2.14. The smallest absolute Gasteiger partial charge is 0.190 e. The molecular weight excluding hydrogens is 227 g/mol. The van der Waals surface area contributed by atoms with Crippen LogP contribution in [0.15, 0.2) is 40.9 Å². The first-order chi connectivity index (χ1) is 7.68. The van der Waals surface area contributed by atoms with E-state index in [9.17, 15) is 9.18 Å². The van der Waals surface area contributed by atoms with Crippen molar-refractivity contribution >= 4 is 23.0 Å². The minimum atomic E-state index is -1.15. The van der Waals surface area contributed by atoms with E-state index in [1.165, 1.54) is 6.08 Å². The van der Waals surface area contributed by atoms with Crippen LogP contribution in [0.4, 0.5) is 4.39 Å². The topological polar surface area (TPSA) is 17.1 Å². The number of halogens is 2. The van der Waals surface area contributed by atoms with Crippen LogP contribution in [-0.4, -0.2) is 12.0 Å². The Hall–Kier alpha value is -1.41. The van der Waals surface area contributed by atoms with Gasteiger partial charge in [0.2, 0.25) is 0 Å². The van der Waals surface area contributed by atoms with Gasteiger partial charge in [-0.1, -0.05) is 35.9 Å². The molecule has 1 atom stereocenters. The van der Waals surface area contributed by atoms with Crippen molar-refractivity contribution in [3.63, 3.8) is 0 Å². The molecule has 0 radical (unpaired) electrons.